The average molecular weight is 290 g/mol. The van der Waals surface area contributed by atoms with E-state index in [4.69, 9.17) is 4.84 Å². The van der Waals surface area contributed by atoms with Crippen molar-refractivity contribution in [3.05, 3.63) is 11.6 Å². The van der Waals surface area contributed by atoms with Gasteiger partial charge in [-0.05, 0) is 33.6 Å². The summed E-state index contributed by atoms with van der Waals surface area (Å²) in [4.78, 5) is 17.0. The predicted molar refractivity (Wildman–Crippen MR) is 68.2 cm³/mol. The fourth-order valence-corrected chi connectivity index (χ4v) is 1.89. The molecule has 1 aliphatic rings. The van der Waals surface area contributed by atoms with Gasteiger partial charge in [-0.3, -0.25) is 0 Å². The van der Waals surface area contributed by atoms with E-state index in [1.54, 1.807) is 5.06 Å². The number of alkyl halides is 1. The third-order valence-electron chi connectivity index (χ3n) is 2.55. The minimum absolute atomic E-state index is 0.152. The summed E-state index contributed by atoms with van der Waals surface area (Å²) < 4.78 is 0. The first-order valence-electron chi connectivity index (χ1n) is 5.64. The molecule has 0 aromatic rings. The van der Waals surface area contributed by atoms with Crippen LogP contribution in [0.15, 0.2) is 11.6 Å². The zero-order valence-corrected chi connectivity index (χ0v) is 11.8. The van der Waals surface area contributed by atoms with Crippen molar-refractivity contribution < 1.29 is 9.63 Å². The normalized spacial score (nSPS) is 18.4. The molecule has 0 unspecified atom stereocenters. The summed E-state index contributed by atoms with van der Waals surface area (Å²) in [6.45, 7) is 7.22. The molecule has 0 aliphatic carbocycles. The lowest BCUT2D eigenvalue weighted by molar-refractivity contribution is -0.202. The molecule has 0 aromatic carbocycles. The highest BCUT2D eigenvalue weighted by atomic mass is 79.9. The lowest BCUT2D eigenvalue weighted by atomic mass is 9.98. The Hall–Kier alpha value is -0.350. The summed E-state index contributed by atoms with van der Waals surface area (Å²) in [5, 5.41) is 2.68. The van der Waals surface area contributed by atoms with Gasteiger partial charge in [0.1, 0.15) is 0 Å². The maximum atomic E-state index is 11.7. The Morgan fingerprint density at radius 2 is 2.00 bits per heavy atom. The molecule has 1 fully saturated rings. The van der Waals surface area contributed by atoms with E-state index >= 15 is 0 Å². The Morgan fingerprint density at radius 3 is 2.44 bits per heavy atom. The maximum absolute atomic E-state index is 11.7. The standard InChI is InChI=1S/C12H20BrNO2/c1-12(2,3)11(15)16-14-8-5-10(4-7-13)6-9-14/h4H,5-9H2,1-3H3. The van der Waals surface area contributed by atoms with Gasteiger partial charge in [0, 0.05) is 18.4 Å². The molecule has 1 saturated heterocycles. The first kappa shape index (κ1) is 13.7. The molecule has 3 nitrogen and oxygen atoms in total. The van der Waals surface area contributed by atoms with E-state index < -0.39 is 5.41 Å². The highest BCUT2D eigenvalue weighted by Crippen LogP contribution is 2.20. The van der Waals surface area contributed by atoms with Gasteiger partial charge >= 0.3 is 5.97 Å². The summed E-state index contributed by atoms with van der Waals surface area (Å²) in [7, 11) is 0. The number of allylic oxidation sites excluding steroid dienone is 1. The Morgan fingerprint density at radius 1 is 1.44 bits per heavy atom. The molecule has 0 amide bonds. The van der Waals surface area contributed by atoms with Gasteiger partial charge in [-0.2, -0.15) is 0 Å². The quantitative estimate of drug-likeness (QED) is 0.578. The van der Waals surface area contributed by atoms with Crippen LogP contribution in [0.5, 0.6) is 0 Å². The van der Waals surface area contributed by atoms with Gasteiger partial charge in [-0.25, -0.2) is 4.79 Å². The van der Waals surface area contributed by atoms with E-state index in [2.05, 4.69) is 22.0 Å². The van der Waals surface area contributed by atoms with E-state index in [0.717, 1.165) is 31.3 Å². The van der Waals surface area contributed by atoms with Crippen LogP contribution in [-0.4, -0.2) is 29.5 Å². The summed E-state index contributed by atoms with van der Waals surface area (Å²) in [5.74, 6) is -0.152. The van der Waals surface area contributed by atoms with Gasteiger partial charge in [0.05, 0.1) is 5.41 Å². The topological polar surface area (TPSA) is 29.5 Å². The third kappa shape index (κ3) is 4.26. The van der Waals surface area contributed by atoms with Crippen LogP contribution >= 0.6 is 15.9 Å². The second-order valence-electron chi connectivity index (χ2n) is 5.07. The highest BCUT2D eigenvalue weighted by molar-refractivity contribution is 9.09. The summed E-state index contributed by atoms with van der Waals surface area (Å²) in [6.07, 6.45) is 4.18. The van der Waals surface area contributed by atoms with Gasteiger partial charge in [-0.15, -0.1) is 5.06 Å². The fourth-order valence-electron chi connectivity index (χ4n) is 1.43. The minimum Gasteiger partial charge on any atom is -0.367 e. The molecule has 4 heteroatoms. The number of carbonyl (C=O) groups is 1. The SMILES string of the molecule is CC(C)(C)C(=O)ON1CCC(=CCBr)CC1. The molecule has 0 atom stereocenters. The van der Waals surface area contributed by atoms with Gasteiger partial charge in [0.25, 0.3) is 0 Å². The van der Waals surface area contributed by atoms with Crippen molar-refractivity contribution in [1.82, 2.24) is 5.06 Å². The first-order valence-corrected chi connectivity index (χ1v) is 6.77. The van der Waals surface area contributed by atoms with Gasteiger partial charge in [0.15, 0.2) is 0 Å². The number of hydrogen-bond donors (Lipinski definition) is 0. The fraction of sp³-hybridized carbons (Fsp3) is 0.750. The number of nitrogens with zero attached hydrogens (tertiary/aromatic N) is 1. The first-order chi connectivity index (χ1) is 7.43. The van der Waals surface area contributed by atoms with Crippen LogP contribution in [-0.2, 0) is 9.63 Å². The molecule has 0 aromatic heterocycles. The lowest BCUT2D eigenvalue weighted by Crippen LogP contribution is -2.37. The Bertz CT molecular complexity index is 271. The number of rotatable bonds is 2. The Balaban J connectivity index is 2.38. The zero-order chi connectivity index (χ0) is 12.2. The number of piperidine rings is 1. The minimum atomic E-state index is -0.425. The maximum Gasteiger partial charge on any atom is 0.330 e. The number of carbonyl (C=O) groups excluding carboxylic acids is 1. The summed E-state index contributed by atoms with van der Waals surface area (Å²) in [5.41, 5.74) is 1.02. The molecule has 1 rings (SSSR count). The zero-order valence-electron chi connectivity index (χ0n) is 10.3. The van der Waals surface area contributed by atoms with Crippen molar-refractivity contribution in [2.24, 2.45) is 5.41 Å². The average Bonchev–Trinajstić information content (AvgIpc) is 2.20. The molecule has 1 aliphatic heterocycles. The Kier molecular flexibility index (Phi) is 4.99. The molecule has 0 bridgehead atoms. The van der Waals surface area contributed by atoms with Crippen LogP contribution in [0.25, 0.3) is 0 Å². The molecule has 0 radical (unpaired) electrons. The van der Waals surface area contributed by atoms with Gasteiger partial charge < -0.3 is 4.84 Å². The predicted octanol–water partition coefficient (Wildman–Crippen LogP) is 2.91. The Labute approximate surface area is 106 Å². The second kappa shape index (κ2) is 5.82. The number of halogens is 1. The second-order valence-corrected chi connectivity index (χ2v) is 5.72. The van der Waals surface area contributed by atoms with Crippen LogP contribution in [0.3, 0.4) is 0 Å². The molecule has 16 heavy (non-hydrogen) atoms. The van der Waals surface area contributed by atoms with Crippen LogP contribution < -0.4 is 0 Å². The van der Waals surface area contributed by atoms with E-state index in [1.165, 1.54) is 5.57 Å². The van der Waals surface area contributed by atoms with E-state index in [0.29, 0.717) is 0 Å². The number of hydrogen-bond acceptors (Lipinski definition) is 3. The molecule has 1 heterocycles. The van der Waals surface area contributed by atoms with Crippen molar-refractivity contribution in [1.29, 1.82) is 0 Å². The lowest BCUT2D eigenvalue weighted by Gasteiger charge is -2.29. The molecular weight excluding hydrogens is 270 g/mol. The monoisotopic (exact) mass is 289 g/mol. The van der Waals surface area contributed by atoms with Crippen LogP contribution in [0, 0.1) is 5.41 Å². The smallest absolute Gasteiger partial charge is 0.330 e. The van der Waals surface area contributed by atoms with Crippen molar-refractivity contribution in [3.63, 3.8) is 0 Å². The molecular formula is C12H20BrNO2. The van der Waals surface area contributed by atoms with E-state index in [9.17, 15) is 4.79 Å². The molecule has 0 N–H and O–H groups in total. The van der Waals surface area contributed by atoms with Crippen LogP contribution in [0.4, 0.5) is 0 Å². The van der Waals surface area contributed by atoms with Crippen molar-refractivity contribution >= 4 is 21.9 Å². The van der Waals surface area contributed by atoms with Crippen LogP contribution in [0.1, 0.15) is 33.6 Å². The largest absolute Gasteiger partial charge is 0.367 e. The van der Waals surface area contributed by atoms with Crippen LogP contribution in [0.2, 0.25) is 0 Å². The summed E-state index contributed by atoms with van der Waals surface area (Å²) in [6, 6.07) is 0. The van der Waals surface area contributed by atoms with Gasteiger partial charge in [0.2, 0.25) is 0 Å². The molecule has 0 saturated carbocycles. The van der Waals surface area contributed by atoms with Crippen molar-refractivity contribution in [2.75, 3.05) is 18.4 Å². The van der Waals surface area contributed by atoms with Gasteiger partial charge in [-0.1, -0.05) is 27.6 Å². The highest BCUT2D eigenvalue weighted by Gasteiger charge is 2.27. The number of hydroxylamine groups is 2. The molecule has 0 spiro atoms. The third-order valence-corrected chi connectivity index (χ3v) is 2.88. The summed E-state index contributed by atoms with van der Waals surface area (Å²) >= 11 is 3.39. The molecule has 92 valence electrons. The van der Waals surface area contributed by atoms with Crippen molar-refractivity contribution in [2.45, 2.75) is 33.6 Å². The van der Waals surface area contributed by atoms with E-state index in [-0.39, 0.29) is 5.97 Å². The van der Waals surface area contributed by atoms with Crippen molar-refractivity contribution in [3.8, 4) is 0 Å². The van der Waals surface area contributed by atoms with E-state index in [1.807, 2.05) is 20.8 Å².